The lowest BCUT2D eigenvalue weighted by Crippen LogP contribution is -2.38. The van der Waals surface area contributed by atoms with Gasteiger partial charge in [-0.15, -0.1) is 0 Å². The molecule has 21 heavy (non-hydrogen) atoms. The van der Waals surface area contributed by atoms with Gasteiger partial charge in [-0.05, 0) is 50.7 Å². The molecule has 0 bridgehead atoms. The molecule has 0 N–H and O–H groups in total. The van der Waals surface area contributed by atoms with Crippen molar-refractivity contribution in [2.24, 2.45) is 5.92 Å². The molecule has 114 valence electrons. The zero-order chi connectivity index (χ0) is 14.8. The summed E-state index contributed by atoms with van der Waals surface area (Å²) in [6, 6.07) is 5.16. The minimum absolute atomic E-state index is 0.107. The molecule has 3 heteroatoms. The molecule has 1 aromatic carbocycles. The summed E-state index contributed by atoms with van der Waals surface area (Å²) in [5, 5.41) is 0. The fourth-order valence-corrected chi connectivity index (χ4v) is 3.39. The molecule has 2 aliphatic carbocycles. The zero-order valence-electron chi connectivity index (χ0n) is 12.8. The monoisotopic (exact) mass is 289 g/mol. The number of benzene rings is 1. The van der Waals surface area contributed by atoms with Gasteiger partial charge < -0.3 is 4.90 Å². The molecule has 2 saturated carbocycles. The molecule has 0 heterocycles. The normalized spacial score (nSPS) is 19.5. The Balaban J connectivity index is 1.76. The highest BCUT2D eigenvalue weighted by atomic mass is 19.1. The lowest BCUT2D eigenvalue weighted by Gasteiger charge is -2.30. The van der Waals surface area contributed by atoms with Crippen molar-refractivity contribution in [1.82, 2.24) is 4.90 Å². The number of aryl methyl sites for hydroxylation is 1. The minimum atomic E-state index is -0.389. The number of amides is 1. The molecule has 2 nitrogen and oxygen atoms in total. The second-order valence-electron chi connectivity index (χ2n) is 6.68. The number of carbonyl (C=O) groups is 1. The van der Waals surface area contributed by atoms with Crippen LogP contribution in [0.3, 0.4) is 0 Å². The molecule has 0 unspecified atom stereocenters. The van der Waals surface area contributed by atoms with Gasteiger partial charge in [0.15, 0.2) is 0 Å². The van der Waals surface area contributed by atoms with E-state index < -0.39 is 0 Å². The first kappa shape index (κ1) is 14.6. The Morgan fingerprint density at radius 3 is 2.57 bits per heavy atom. The summed E-state index contributed by atoms with van der Waals surface area (Å²) in [7, 11) is 0. The van der Waals surface area contributed by atoms with Crippen LogP contribution in [0.1, 0.15) is 60.9 Å². The molecule has 0 saturated heterocycles. The third-order valence-electron chi connectivity index (χ3n) is 4.78. The molecule has 2 fully saturated rings. The highest BCUT2D eigenvalue weighted by Crippen LogP contribution is 2.32. The highest BCUT2D eigenvalue weighted by molar-refractivity contribution is 5.95. The summed E-state index contributed by atoms with van der Waals surface area (Å²) in [5.41, 5.74) is 1.19. The standard InChI is InChI=1S/C18H24FNO/c1-13-7-10-17(19)16(11-13)18(21)20(15-8-9-15)12-14-5-3-2-4-6-14/h7,10-11,14-15H,2-6,8-9,12H2,1H3. The quantitative estimate of drug-likeness (QED) is 0.808. The SMILES string of the molecule is Cc1ccc(F)c(C(=O)N(CC2CCCCC2)C2CC2)c1. The smallest absolute Gasteiger partial charge is 0.257 e. The van der Waals surface area contributed by atoms with Gasteiger partial charge in [-0.1, -0.05) is 30.9 Å². The van der Waals surface area contributed by atoms with Crippen molar-refractivity contribution in [3.63, 3.8) is 0 Å². The summed E-state index contributed by atoms with van der Waals surface area (Å²) in [6.07, 6.45) is 8.45. The number of carbonyl (C=O) groups excluding carboxylic acids is 1. The van der Waals surface area contributed by atoms with Crippen molar-refractivity contribution in [3.05, 3.63) is 35.1 Å². The molecule has 0 aliphatic heterocycles. The van der Waals surface area contributed by atoms with Gasteiger partial charge in [-0.3, -0.25) is 4.79 Å². The maximum Gasteiger partial charge on any atom is 0.257 e. The van der Waals surface area contributed by atoms with Crippen LogP contribution in [0.15, 0.2) is 18.2 Å². The Morgan fingerprint density at radius 1 is 1.19 bits per heavy atom. The summed E-state index contributed by atoms with van der Waals surface area (Å²) >= 11 is 0. The van der Waals surface area contributed by atoms with E-state index in [0.717, 1.165) is 24.9 Å². The second kappa shape index (κ2) is 6.17. The van der Waals surface area contributed by atoms with Crippen LogP contribution in [0.25, 0.3) is 0 Å². The third kappa shape index (κ3) is 3.45. The van der Waals surface area contributed by atoms with Crippen molar-refractivity contribution in [1.29, 1.82) is 0 Å². The summed E-state index contributed by atoms with van der Waals surface area (Å²) in [5.74, 6) is 0.111. The van der Waals surface area contributed by atoms with E-state index in [0.29, 0.717) is 12.0 Å². The maximum atomic E-state index is 14.0. The van der Waals surface area contributed by atoms with E-state index in [-0.39, 0.29) is 17.3 Å². The lowest BCUT2D eigenvalue weighted by atomic mass is 9.88. The first-order valence-corrected chi connectivity index (χ1v) is 8.22. The van der Waals surface area contributed by atoms with Crippen molar-refractivity contribution < 1.29 is 9.18 Å². The minimum Gasteiger partial charge on any atom is -0.335 e. The van der Waals surface area contributed by atoms with Gasteiger partial charge in [0, 0.05) is 12.6 Å². The van der Waals surface area contributed by atoms with Crippen LogP contribution in [0, 0.1) is 18.7 Å². The Kier molecular flexibility index (Phi) is 4.27. The summed E-state index contributed by atoms with van der Waals surface area (Å²) in [4.78, 5) is 14.7. The van der Waals surface area contributed by atoms with E-state index >= 15 is 0 Å². The first-order valence-electron chi connectivity index (χ1n) is 8.22. The van der Waals surface area contributed by atoms with Gasteiger partial charge >= 0.3 is 0 Å². The van der Waals surface area contributed by atoms with Crippen LogP contribution >= 0.6 is 0 Å². The van der Waals surface area contributed by atoms with Crippen LogP contribution in [0.5, 0.6) is 0 Å². The summed E-state index contributed by atoms with van der Waals surface area (Å²) < 4.78 is 14.0. The van der Waals surface area contributed by atoms with E-state index in [9.17, 15) is 9.18 Å². The predicted molar refractivity (Wildman–Crippen MR) is 81.8 cm³/mol. The highest BCUT2D eigenvalue weighted by Gasteiger charge is 2.35. The van der Waals surface area contributed by atoms with Crippen molar-refractivity contribution in [2.75, 3.05) is 6.54 Å². The van der Waals surface area contributed by atoms with Crippen molar-refractivity contribution >= 4 is 5.91 Å². The van der Waals surface area contributed by atoms with Crippen molar-refractivity contribution in [3.8, 4) is 0 Å². The molecular formula is C18H24FNO. The first-order chi connectivity index (χ1) is 10.1. The average Bonchev–Trinajstić information content (AvgIpc) is 3.32. The third-order valence-corrected chi connectivity index (χ3v) is 4.78. The molecule has 0 radical (unpaired) electrons. The maximum absolute atomic E-state index is 14.0. The largest absolute Gasteiger partial charge is 0.335 e. The fourth-order valence-electron chi connectivity index (χ4n) is 3.39. The van der Waals surface area contributed by atoms with E-state index in [2.05, 4.69) is 0 Å². The van der Waals surface area contributed by atoms with Crippen LogP contribution in [0.2, 0.25) is 0 Å². The Hall–Kier alpha value is -1.38. The zero-order valence-corrected chi connectivity index (χ0v) is 12.8. The lowest BCUT2D eigenvalue weighted by molar-refractivity contribution is 0.0694. The molecule has 0 spiro atoms. The second-order valence-corrected chi connectivity index (χ2v) is 6.68. The topological polar surface area (TPSA) is 20.3 Å². The number of rotatable bonds is 4. The Labute approximate surface area is 126 Å². The van der Waals surface area contributed by atoms with Crippen LogP contribution < -0.4 is 0 Å². The average molecular weight is 289 g/mol. The Bertz CT molecular complexity index is 518. The van der Waals surface area contributed by atoms with Gasteiger partial charge in [0.1, 0.15) is 5.82 Å². The Morgan fingerprint density at radius 2 is 1.90 bits per heavy atom. The molecule has 0 aromatic heterocycles. The fraction of sp³-hybridized carbons (Fsp3) is 0.611. The van der Waals surface area contributed by atoms with E-state index in [1.54, 1.807) is 12.1 Å². The number of hydrogen-bond acceptors (Lipinski definition) is 1. The van der Waals surface area contributed by atoms with E-state index in [4.69, 9.17) is 0 Å². The van der Waals surface area contributed by atoms with E-state index in [1.165, 1.54) is 38.2 Å². The van der Waals surface area contributed by atoms with Gasteiger partial charge in [-0.2, -0.15) is 0 Å². The summed E-state index contributed by atoms with van der Waals surface area (Å²) in [6.45, 7) is 2.72. The molecule has 2 aliphatic rings. The van der Waals surface area contributed by atoms with Crippen LogP contribution in [0.4, 0.5) is 4.39 Å². The predicted octanol–water partition coefficient (Wildman–Crippen LogP) is 4.32. The van der Waals surface area contributed by atoms with Gasteiger partial charge in [0.25, 0.3) is 5.91 Å². The number of halogens is 1. The van der Waals surface area contributed by atoms with Gasteiger partial charge in [-0.25, -0.2) is 4.39 Å². The van der Waals surface area contributed by atoms with Crippen LogP contribution in [-0.2, 0) is 0 Å². The number of nitrogens with zero attached hydrogens (tertiary/aromatic N) is 1. The number of hydrogen-bond donors (Lipinski definition) is 0. The van der Waals surface area contributed by atoms with Gasteiger partial charge in [0.05, 0.1) is 5.56 Å². The van der Waals surface area contributed by atoms with Crippen molar-refractivity contribution in [2.45, 2.75) is 57.9 Å². The molecule has 1 amide bonds. The molecule has 3 rings (SSSR count). The molecular weight excluding hydrogens is 265 g/mol. The van der Waals surface area contributed by atoms with Gasteiger partial charge in [0.2, 0.25) is 0 Å². The molecule has 1 aromatic rings. The van der Waals surface area contributed by atoms with E-state index in [1.807, 2.05) is 11.8 Å². The van der Waals surface area contributed by atoms with Crippen LogP contribution in [-0.4, -0.2) is 23.4 Å². The molecule has 0 atom stereocenters.